The molecule has 1 aromatic carbocycles. The number of nitrogens with two attached hydrogens (primary N) is 1. The average molecular weight is 298 g/mol. The minimum absolute atomic E-state index is 0.0290. The second-order valence-electron chi connectivity index (χ2n) is 5.80. The van der Waals surface area contributed by atoms with E-state index >= 15 is 0 Å². The molecule has 1 aliphatic carbocycles. The van der Waals surface area contributed by atoms with E-state index in [0.717, 1.165) is 29.8 Å². The molecule has 1 heterocycles. The number of hydrogen-bond acceptors (Lipinski definition) is 3. The predicted octanol–water partition coefficient (Wildman–Crippen LogP) is 3.27. The lowest BCUT2D eigenvalue weighted by Crippen LogP contribution is -2.27. The lowest BCUT2D eigenvalue weighted by molar-refractivity contribution is 0.341. The zero-order valence-corrected chi connectivity index (χ0v) is 13.1. The van der Waals surface area contributed by atoms with Crippen LogP contribution in [-0.4, -0.2) is 11.2 Å². The highest BCUT2D eigenvalue weighted by Crippen LogP contribution is 2.39. The van der Waals surface area contributed by atoms with Crippen LogP contribution in [0.3, 0.4) is 0 Å². The Balaban J connectivity index is 2.20. The van der Waals surface area contributed by atoms with Crippen molar-refractivity contribution in [3.05, 3.63) is 52.3 Å². The number of nitrogens with zero attached hydrogens (tertiary/aromatic N) is 1. The molecule has 3 rings (SSSR count). The molecule has 4 heteroatoms. The van der Waals surface area contributed by atoms with Crippen molar-refractivity contribution in [3.8, 4) is 17.0 Å². The number of pyridine rings is 1. The largest absolute Gasteiger partial charge is 0.493 e. The third-order valence-electron chi connectivity index (χ3n) is 4.01. The summed E-state index contributed by atoms with van der Waals surface area (Å²) in [4.78, 5) is 12.8. The number of hydrogen-bond donors (Lipinski definition) is 1. The van der Waals surface area contributed by atoms with Gasteiger partial charge in [-0.25, -0.2) is 0 Å². The Morgan fingerprint density at radius 2 is 2.00 bits per heavy atom. The van der Waals surface area contributed by atoms with Gasteiger partial charge in [0.15, 0.2) is 0 Å². The van der Waals surface area contributed by atoms with E-state index in [1.54, 1.807) is 0 Å². The molecule has 0 amide bonds. The molecule has 22 heavy (non-hydrogen) atoms. The van der Waals surface area contributed by atoms with E-state index in [1.807, 2.05) is 54.8 Å². The maximum Gasteiger partial charge on any atom is 0.256 e. The van der Waals surface area contributed by atoms with Crippen molar-refractivity contribution in [2.45, 2.75) is 38.8 Å². The van der Waals surface area contributed by atoms with Crippen LogP contribution in [0.5, 0.6) is 5.75 Å². The van der Waals surface area contributed by atoms with Crippen LogP contribution in [0.1, 0.15) is 44.3 Å². The van der Waals surface area contributed by atoms with Gasteiger partial charge in [-0.15, -0.1) is 0 Å². The Kier molecular flexibility index (Phi) is 4.03. The molecule has 0 saturated heterocycles. The zero-order valence-electron chi connectivity index (χ0n) is 13.1. The lowest BCUT2D eigenvalue weighted by Gasteiger charge is -2.18. The third kappa shape index (κ3) is 2.66. The third-order valence-corrected chi connectivity index (χ3v) is 4.01. The number of ether oxygens (including phenoxy) is 1. The van der Waals surface area contributed by atoms with Gasteiger partial charge in [-0.2, -0.15) is 0 Å². The first-order valence-corrected chi connectivity index (χ1v) is 7.86. The topological polar surface area (TPSA) is 57.2 Å². The molecule has 1 aliphatic rings. The van der Waals surface area contributed by atoms with Crippen molar-refractivity contribution in [2.24, 2.45) is 5.73 Å². The monoisotopic (exact) mass is 298 g/mol. The molecule has 1 fully saturated rings. The van der Waals surface area contributed by atoms with E-state index in [9.17, 15) is 4.79 Å². The van der Waals surface area contributed by atoms with Crippen molar-refractivity contribution in [2.75, 3.05) is 6.61 Å². The summed E-state index contributed by atoms with van der Waals surface area (Å²) in [5.74, 6) is 0.812. The molecule has 0 aliphatic heterocycles. The van der Waals surface area contributed by atoms with Gasteiger partial charge in [-0.05, 0) is 51.0 Å². The summed E-state index contributed by atoms with van der Waals surface area (Å²) in [7, 11) is 0. The highest BCUT2D eigenvalue weighted by atomic mass is 16.5. The summed E-state index contributed by atoms with van der Waals surface area (Å²) in [5, 5.41) is 0. The van der Waals surface area contributed by atoms with E-state index in [0.29, 0.717) is 12.2 Å². The summed E-state index contributed by atoms with van der Waals surface area (Å²) in [5.41, 5.74) is 8.51. The second-order valence-corrected chi connectivity index (χ2v) is 5.80. The SMILES string of the molecule is CCOc1ccccc1-c1ccc(C(C)N)c(=O)n1C1CC1. The molecule has 1 saturated carbocycles. The molecule has 0 bridgehead atoms. The van der Waals surface area contributed by atoms with Gasteiger partial charge in [0.25, 0.3) is 5.56 Å². The number of rotatable bonds is 5. The van der Waals surface area contributed by atoms with E-state index < -0.39 is 0 Å². The summed E-state index contributed by atoms with van der Waals surface area (Å²) in [6.45, 7) is 4.41. The second kappa shape index (κ2) is 5.97. The Bertz CT molecular complexity index is 730. The lowest BCUT2D eigenvalue weighted by atomic mass is 10.1. The quantitative estimate of drug-likeness (QED) is 0.921. The zero-order chi connectivity index (χ0) is 15.7. The van der Waals surface area contributed by atoms with Gasteiger partial charge in [0.2, 0.25) is 0 Å². The van der Waals surface area contributed by atoms with Crippen molar-refractivity contribution in [3.63, 3.8) is 0 Å². The van der Waals surface area contributed by atoms with Crippen LogP contribution in [0.4, 0.5) is 0 Å². The number of benzene rings is 1. The molecule has 1 atom stereocenters. The molecule has 2 aromatic rings. The first-order chi connectivity index (χ1) is 10.6. The van der Waals surface area contributed by atoms with Crippen LogP contribution in [-0.2, 0) is 0 Å². The van der Waals surface area contributed by atoms with E-state index in [1.165, 1.54) is 0 Å². The summed E-state index contributed by atoms with van der Waals surface area (Å²) >= 11 is 0. The Morgan fingerprint density at radius 1 is 1.27 bits per heavy atom. The highest BCUT2D eigenvalue weighted by molar-refractivity contribution is 5.68. The predicted molar refractivity (Wildman–Crippen MR) is 88.2 cm³/mol. The van der Waals surface area contributed by atoms with Crippen LogP contribution in [0, 0.1) is 0 Å². The van der Waals surface area contributed by atoms with E-state index in [2.05, 4.69) is 0 Å². The standard InChI is InChI=1S/C18H22N2O2/c1-3-22-17-7-5-4-6-15(17)16-11-10-14(12(2)19)18(21)20(16)13-8-9-13/h4-7,10-13H,3,8-9,19H2,1-2H3. The Morgan fingerprint density at radius 3 is 2.64 bits per heavy atom. The maximum absolute atomic E-state index is 12.8. The fraction of sp³-hybridized carbons (Fsp3) is 0.389. The van der Waals surface area contributed by atoms with Crippen LogP contribution >= 0.6 is 0 Å². The van der Waals surface area contributed by atoms with Crippen LogP contribution in [0.2, 0.25) is 0 Å². The van der Waals surface area contributed by atoms with Crippen molar-refractivity contribution < 1.29 is 4.74 Å². The molecule has 2 N–H and O–H groups in total. The fourth-order valence-corrected chi connectivity index (χ4v) is 2.79. The molecule has 1 aromatic heterocycles. The van der Waals surface area contributed by atoms with Crippen molar-refractivity contribution >= 4 is 0 Å². The molecule has 0 radical (unpaired) electrons. The van der Waals surface area contributed by atoms with Crippen molar-refractivity contribution in [1.29, 1.82) is 0 Å². The maximum atomic E-state index is 12.8. The summed E-state index contributed by atoms with van der Waals surface area (Å²) in [6.07, 6.45) is 2.10. The van der Waals surface area contributed by atoms with Crippen LogP contribution in [0.15, 0.2) is 41.2 Å². The molecular formula is C18H22N2O2. The van der Waals surface area contributed by atoms with Gasteiger partial charge in [0, 0.05) is 23.2 Å². The van der Waals surface area contributed by atoms with Gasteiger partial charge in [-0.3, -0.25) is 4.79 Å². The number of para-hydroxylation sites is 1. The van der Waals surface area contributed by atoms with Crippen LogP contribution < -0.4 is 16.0 Å². The first kappa shape index (κ1) is 14.9. The molecule has 0 spiro atoms. The smallest absolute Gasteiger partial charge is 0.256 e. The van der Waals surface area contributed by atoms with Gasteiger partial charge >= 0.3 is 0 Å². The number of aromatic nitrogens is 1. The van der Waals surface area contributed by atoms with Gasteiger partial charge in [0.1, 0.15) is 5.75 Å². The highest BCUT2D eigenvalue weighted by Gasteiger charge is 2.29. The van der Waals surface area contributed by atoms with Gasteiger partial charge in [0.05, 0.1) is 12.3 Å². The minimum Gasteiger partial charge on any atom is -0.493 e. The van der Waals surface area contributed by atoms with Crippen molar-refractivity contribution in [1.82, 2.24) is 4.57 Å². The minimum atomic E-state index is -0.256. The average Bonchev–Trinajstić information content (AvgIpc) is 3.32. The Hall–Kier alpha value is -2.07. The molecule has 116 valence electrons. The molecular weight excluding hydrogens is 276 g/mol. The molecule has 1 unspecified atom stereocenters. The molecule has 4 nitrogen and oxygen atoms in total. The van der Waals surface area contributed by atoms with Gasteiger partial charge < -0.3 is 15.0 Å². The normalized spacial score (nSPS) is 15.6. The summed E-state index contributed by atoms with van der Waals surface area (Å²) < 4.78 is 7.62. The van der Waals surface area contributed by atoms with E-state index in [-0.39, 0.29) is 17.6 Å². The Labute approximate surface area is 130 Å². The fourth-order valence-electron chi connectivity index (χ4n) is 2.79. The van der Waals surface area contributed by atoms with E-state index in [4.69, 9.17) is 10.5 Å². The summed E-state index contributed by atoms with van der Waals surface area (Å²) in [6, 6.07) is 11.7. The van der Waals surface area contributed by atoms with Crippen LogP contribution in [0.25, 0.3) is 11.3 Å². The first-order valence-electron chi connectivity index (χ1n) is 7.86. The van der Waals surface area contributed by atoms with Gasteiger partial charge in [-0.1, -0.05) is 12.1 Å².